The molecule has 76 valence electrons. The lowest BCUT2D eigenvalue weighted by Gasteiger charge is -1.81. The van der Waals surface area contributed by atoms with Gasteiger partial charge in [-0.05, 0) is 12.1 Å². The number of carbonyl (C=O) groups is 2. The highest BCUT2D eigenvalue weighted by molar-refractivity contribution is 5.77. The Morgan fingerprint density at radius 2 is 2.07 bits per heavy atom. The first-order valence-corrected chi connectivity index (χ1v) is 4.61. The van der Waals surface area contributed by atoms with Crippen LogP contribution in [0, 0.1) is 0 Å². The van der Waals surface area contributed by atoms with Gasteiger partial charge < -0.3 is 0 Å². The van der Waals surface area contributed by atoms with Gasteiger partial charge in [-0.25, -0.2) is 0 Å². The van der Waals surface area contributed by atoms with Crippen molar-refractivity contribution in [2.24, 2.45) is 0 Å². The molecule has 1 aromatic heterocycles. The smallest absolute Gasteiger partial charge is 0.151 e. The van der Waals surface area contributed by atoms with Crippen molar-refractivity contribution in [2.75, 3.05) is 0 Å². The maximum atomic E-state index is 10.2. The van der Waals surface area contributed by atoms with Crippen LogP contribution in [0.5, 0.6) is 0 Å². The molecule has 3 nitrogen and oxygen atoms in total. The highest BCUT2D eigenvalue weighted by Crippen LogP contribution is 1.87. The molecule has 0 atom stereocenters. The number of nitrogens with zero attached hydrogens (tertiary/aromatic N) is 1. The Hall–Kier alpha value is -1.51. The number of pyridine rings is 1. The lowest BCUT2D eigenvalue weighted by Crippen LogP contribution is -1.88. The summed E-state index contributed by atoms with van der Waals surface area (Å²) in [5, 5.41) is 0. The molecule has 0 saturated carbocycles. The van der Waals surface area contributed by atoms with Crippen LogP contribution in [0.3, 0.4) is 0 Å². The molecule has 0 amide bonds. The van der Waals surface area contributed by atoms with Crippen molar-refractivity contribution < 1.29 is 9.59 Å². The zero-order chi connectivity index (χ0) is 10.8. The zero-order valence-electron chi connectivity index (χ0n) is 8.56. The standard InChI is InChI=1S/C6H5NO.C5H10O/c8-5-6-2-1-3-7-4-6;1-3-5(6)4-2/h1-5H;3-4H2,1-2H3. The van der Waals surface area contributed by atoms with Crippen molar-refractivity contribution in [1.29, 1.82) is 0 Å². The predicted octanol–water partition coefficient (Wildman–Crippen LogP) is 2.27. The lowest BCUT2D eigenvalue weighted by molar-refractivity contribution is -0.118. The Kier molecular flexibility index (Phi) is 7.23. The van der Waals surface area contributed by atoms with E-state index < -0.39 is 0 Å². The molecular weight excluding hydrogens is 178 g/mol. The van der Waals surface area contributed by atoms with Gasteiger partial charge >= 0.3 is 0 Å². The van der Waals surface area contributed by atoms with Gasteiger partial charge in [0, 0.05) is 30.8 Å². The summed E-state index contributed by atoms with van der Waals surface area (Å²) >= 11 is 0. The molecule has 1 aromatic rings. The summed E-state index contributed by atoms with van der Waals surface area (Å²) in [5.74, 6) is 0.343. The van der Waals surface area contributed by atoms with Crippen LogP contribution in [-0.4, -0.2) is 17.1 Å². The second-order valence-corrected chi connectivity index (χ2v) is 2.65. The zero-order valence-corrected chi connectivity index (χ0v) is 8.56. The number of hydrogen-bond donors (Lipinski definition) is 0. The molecule has 0 radical (unpaired) electrons. The van der Waals surface area contributed by atoms with E-state index in [0.717, 1.165) is 6.29 Å². The van der Waals surface area contributed by atoms with Gasteiger partial charge in [0.05, 0.1) is 0 Å². The maximum absolute atomic E-state index is 10.2. The van der Waals surface area contributed by atoms with E-state index in [9.17, 15) is 9.59 Å². The fourth-order valence-electron chi connectivity index (χ4n) is 0.696. The topological polar surface area (TPSA) is 47.0 Å². The highest BCUT2D eigenvalue weighted by atomic mass is 16.1. The largest absolute Gasteiger partial charge is 0.300 e. The van der Waals surface area contributed by atoms with Gasteiger partial charge in [0.2, 0.25) is 0 Å². The second kappa shape index (κ2) is 8.10. The molecule has 0 aliphatic rings. The molecule has 0 saturated heterocycles. The Morgan fingerprint density at radius 1 is 1.43 bits per heavy atom. The van der Waals surface area contributed by atoms with Gasteiger partial charge in [-0.2, -0.15) is 0 Å². The number of aldehydes is 1. The molecule has 0 bridgehead atoms. The van der Waals surface area contributed by atoms with Crippen molar-refractivity contribution in [3.63, 3.8) is 0 Å². The Morgan fingerprint density at radius 3 is 2.29 bits per heavy atom. The molecule has 0 aliphatic carbocycles. The van der Waals surface area contributed by atoms with E-state index in [1.807, 2.05) is 13.8 Å². The first-order chi connectivity index (χ1) is 6.74. The van der Waals surface area contributed by atoms with Crippen molar-refractivity contribution in [1.82, 2.24) is 4.98 Å². The Balaban J connectivity index is 0.000000255. The molecular formula is C11H15NO2. The Labute approximate surface area is 84.2 Å². The molecule has 0 aromatic carbocycles. The molecule has 0 spiro atoms. The van der Waals surface area contributed by atoms with Crippen LogP contribution in [0.4, 0.5) is 0 Å². The molecule has 0 unspecified atom stereocenters. The summed E-state index contributed by atoms with van der Waals surface area (Å²) in [7, 11) is 0. The average Bonchev–Trinajstić information content (AvgIpc) is 2.30. The molecule has 1 heterocycles. The quantitative estimate of drug-likeness (QED) is 0.692. The van der Waals surface area contributed by atoms with E-state index >= 15 is 0 Å². The number of hydrogen-bond acceptors (Lipinski definition) is 3. The van der Waals surface area contributed by atoms with Crippen molar-refractivity contribution in [2.45, 2.75) is 26.7 Å². The minimum Gasteiger partial charge on any atom is -0.300 e. The molecule has 3 heteroatoms. The van der Waals surface area contributed by atoms with Gasteiger partial charge in [0.25, 0.3) is 0 Å². The van der Waals surface area contributed by atoms with Gasteiger partial charge in [-0.15, -0.1) is 0 Å². The monoisotopic (exact) mass is 193 g/mol. The summed E-state index contributed by atoms with van der Waals surface area (Å²) in [6.45, 7) is 3.76. The third-order valence-electron chi connectivity index (χ3n) is 1.61. The van der Waals surface area contributed by atoms with Crippen LogP contribution in [-0.2, 0) is 4.79 Å². The molecule has 0 aliphatic heterocycles. The summed E-state index contributed by atoms with van der Waals surface area (Å²) < 4.78 is 0. The van der Waals surface area contributed by atoms with E-state index in [0.29, 0.717) is 24.2 Å². The summed E-state index contributed by atoms with van der Waals surface area (Å²) in [6, 6.07) is 3.43. The van der Waals surface area contributed by atoms with Crippen molar-refractivity contribution >= 4 is 12.1 Å². The van der Waals surface area contributed by atoms with Gasteiger partial charge in [0.15, 0.2) is 6.29 Å². The van der Waals surface area contributed by atoms with E-state index in [-0.39, 0.29) is 0 Å². The lowest BCUT2D eigenvalue weighted by atomic mass is 10.3. The van der Waals surface area contributed by atoms with Crippen LogP contribution in [0.2, 0.25) is 0 Å². The van der Waals surface area contributed by atoms with E-state index in [2.05, 4.69) is 4.98 Å². The normalized spacial score (nSPS) is 8.43. The summed E-state index contributed by atoms with van der Waals surface area (Å²) in [6.07, 6.45) is 5.31. The minimum atomic E-state index is 0.343. The second-order valence-electron chi connectivity index (χ2n) is 2.65. The molecule has 14 heavy (non-hydrogen) atoms. The third kappa shape index (κ3) is 6.06. The molecule has 0 N–H and O–H groups in total. The Bertz CT molecular complexity index is 264. The third-order valence-corrected chi connectivity index (χ3v) is 1.61. The van der Waals surface area contributed by atoms with Crippen molar-refractivity contribution in [3.05, 3.63) is 30.1 Å². The van der Waals surface area contributed by atoms with Crippen LogP contribution in [0.15, 0.2) is 24.5 Å². The van der Waals surface area contributed by atoms with E-state index in [1.165, 1.54) is 6.20 Å². The number of ketones is 1. The van der Waals surface area contributed by atoms with Crippen molar-refractivity contribution in [3.8, 4) is 0 Å². The molecule has 1 rings (SSSR count). The van der Waals surface area contributed by atoms with E-state index in [1.54, 1.807) is 18.3 Å². The highest BCUT2D eigenvalue weighted by Gasteiger charge is 1.86. The van der Waals surface area contributed by atoms with Crippen LogP contribution >= 0.6 is 0 Å². The summed E-state index contributed by atoms with van der Waals surface area (Å²) in [4.78, 5) is 23.9. The van der Waals surface area contributed by atoms with Crippen LogP contribution < -0.4 is 0 Å². The molecule has 0 fully saturated rings. The van der Waals surface area contributed by atoms with E-state index in [4.69, 9.17) is 0 Å². The number of aromatic nitrogens is 1. The number of rotatable bonds is 3. The first-order valence-electron chi connectivity index (χ1n) is 4.61. The first kappa shape index (κ1) is 12.5. The van der Waals surface area contributed by atoms with Gasteiger partial charge in [-0.1, -0.05) is 13.8 Å². The minimum absolute atomic E-state index is 0.343. The predicted molar refractivity (Wildman–Crippen MR) is 55.2 cm³/mol. The fraction of sp³-hybridized carbons (Fsp3) is 0.364. The summed E-state index contributed by atoms with van der Waals surface area (Å²) in [5.41, 5.74) is 0.618. The van der Waals surface area contributed by atoms with Gasteiger partial charge in [0.1, 0.15) is 5.78 Å². The number of Topliss-reactive ketones (excluding diaryl/α,β-unsaturated/α-hetero) is 1. The fourth-order valence-corrected chi connectivity index (χ4v) is 0.696. The van der Waals surface area contributed by atoms with Crippen LogP contribution in [0.25, 0.3) is 0 Å². The number of carbonyl (C=O) groups excluding carboxylic acids is 2. The van der Waals surface area contributed by atoms with Gasteiger partial charge in [-0.3, -0.25) is 14.6 Å². The SMILES string of the molecule is CCC(=O)CC.O=Cc1cccnc1. The van der Waals surface area contributed by atoms with Crippen LogP contribution in [0.1, 0.15) is 37.0 Å². The average molecular weight is 193 g/mol. The maximum Gasteiger partial charge on any atom is 0.151 e.